The van der Waals surface area contributed by atoms with Crippen molar-refractivity contribution in [3.05, 3.63) is 89.7 Å². The Morgan fingerprint density at radius 2 is 1.62 bits per heavy atom. The first-order valence-electron chi connectivity index (χ1n) is 14.2. The van der Waals surface area contributed by atoms with Crippen molar-refractivity contribution < 1.29 is 27.1 Å². The lowest BCUT2D eigenvalue weighted by molar-refractivity contribution is -0.140. The summed E-state index contributed by atoms with van der Waals surface area (Å²) >= 11 is 0. The third kappa shape index (κ3) is 8.31. The van der Waals surface area contributed by atoms with E-state index in [1.807, 2.05) is 13.8 Å². The van der Waals surface area contributed by atoms with E-state index < -0.39 is 34.3 Å². The molecule has 1 atom stereocenters. The third-order valence-electron chi connectivity index (χ3n) is 6.80. The van der Waals surface area contributed by atoms with Crippen LogP contribution in [-0.4, -0.2) is 50.9 Å². The minimum Gasteiger partial charge on any atom is -0.492 e. The van der Waals surface area contributed by atoms with Crippen LogP contribution in [0, 0.1) is 12.7 Å². The number of nitrogens with zero attached hydrogens (tertiary/aromatic N) is 2. The smallest absolute Gasteiger partial charge is 0.264 e. The molecule has 0 saturated carbocycles. The third-order valence-corrected chi connectivity index (χ3v) is 8.58. The van der Waals surface area contributed by atoms with Crippen molar-refractivity contribution in [2.45, 2.75) is 64.4 Å². The van der Waals surface area contributed by atoms with Gasteiger partial charge in [0.15, 0.2) is 0 Å². The Labute approximate surface area is 248 Å². The number of carbonyl (C=O) groups is 2. The van der Waals surface area contributed by atoms with Gasteiger partial charge in [-0.3, -0.25) is 13.9 Å². The first-order chi connectivity index (χ1) is 20.1. The minimum absolute atomic E-state index is 0.00958. The van der Waals surface area contributed by atoms with Gasteiger partial charge in [0, 0.05) is 13.1 Å². The second-order valence-corrected chi connectivity index (χ2v) is 11.8. The van der Waals surface area contributed by atoms with Crippen LogP contribution >= 0.6 is 0 Å². The lowest BCUT2D eigenvalue weighted by Gasteiger charge is -2.33. The molecule has 1 N–H and O–H groups in total. The van der Waals surface area contributed by atoms with Gasteiger partial charge in [-0.05, 0) is 68.7 Å². The fraction of sp³-hybridized carbons (Fsp3) is 0.375. The zero-order valence-corrected chi connectivity index (χ0v) is 25.5. The van der Waals surface area contributed by atoms with Gasteiger partial charge in [0.2, 0.25) is 11.8 Å². The second kappa shape index (κ2) is 15.3. The number of para-hydroxylation sites is 2. The van der Waals surface area contributed by atoms with Crippen LogP contribution < -0.4 is 14.4 Å². The number of amides is 2. The Balaban J connectivity index is 2.08. The highest BCUT2D eigenvalue weighted by molar-refractivity contribution is 7.92. The van der Waals surface area contributed by atoms with E-state index in [4.69, 9.17) is 4.74 Å². The van der Waals surface area contributed by atoms with Crippen LogP contribution in [0.2, 0.25) is 0 Å². The predicted octanol–water partition coefficient (Wildman–Crippen LogP) is 5.45. The number of nitrogens with one attached hydrogen (secondary N) is 1. The van der Waals surface area contributed by atoms with E-state index in [1.54, 1.807) is 62.4 Å². The number of hydrogen-bond donors (Lipinski definition) is 1. The Hall–Kier alpha value is -3.92. The fourth-order valence-corrected chi connectivity index (χ4v) is 5.93. The molecule has 3 aromatic carbocycles. The Morgan fingerprint density at radius 3 is 2.24 bits per heavy atom. The molecule has 0 aliphatic rings. The molecule has 0 aliphatic heterocycles. The highest BCUT2D eigenvalue weighted by atomic mass is 32.2. The monoisotopic (exact) mass is 597 g/mol. The molecule has 0 aromatic heterocycles. The standard InChI is InChI=1S/C32H40FN3O5S/c1-5-8-21-34-32(38)28(6-2)35(22-25-15-17-26(33)18-16-25)31(37)23-36(29-11-9-10-12-30(29)41-7-3)42(39,40)27-19-13-24(4)14-20-27/h9-20,28H,5-8,21-23H2,1-4H3,(H,34,38). The number of sulfonamides is 1. The van der Waals surface area contributed by atoms with E-state index in [0.29, 0.717) is 24.3 Å². The number of hydrogen-bond acceptors (Lipinski definition) is 5. The van der Waals surface area contributed by atoms with Crippen LogP contribution in [0.4, 0.5) is 10.1 Å². The van der Waals surface area contributed by atoms with E-state index in [1.165, 1.54) is 29.2 Å². The number of aryl methyl sites for hydroxylation is 1. The highest BCUT2D eigenvalue weighted by Crippen LogP contribution is 2.33. The molecule has 0 saturated heterocycles. The lowest BCUT2D eigenvalue weighted by atomic mass is 10.1. The maximum absolute atomic E-state index is 14.2. The molecule has 226 valence electrons. The normalized spacial score (nSPS) is 11.9. The molecule has 0 fully saturated rings. The van der Waals surface area contributed by atoms with E-state index >= 15 is 0 Å². The summed E-state index contributed by atoms with van der Waals surface area (Å²) in [6, 6.07) is 17.8. The molecule has 3 aromatic rings. The number of anilines is 1. The van der Waals surface area contributed by atoms with Crippen molar-refractivity contribution in [2.75, 3.05) is 24.0 Å². The van der Waals surface area contributed by atoms with Gasteiger partial charge < -0.3 is 15.0 Å². The number of ether oxygens (including phenoxy) is 1. The molecule has 1 unspecified atom stereocenters. The Kier molecular flexibility index (Phi) is 11.9. The quantitative estimate of drug-likeness (QED) is 0.235. The first-order valence-corrected chi connectivity index (χ1v) is 15.7. The number of benzene rings is 3. The van der Waals surface area contributed by atoms with Crippen molar-refractivity contribution in [1.29, 1.82) is 0 Å². The Morgan fingerprint density at radius 1 is 0.952 bits per heavy atom. The maximum Gasteiger partial charge on any atom is 0.264 e. The summed E-state index contributed by atoms with van der Waals surface area (Å²) in [5.74, 6) is -1.04. The van der Waals surface area contributed by atoms with Gasteiger partial charge in [-0.25, -0.2) is 12.8 Å². The molecule has 42 heavy (non-hydrogen) atoms. The topological polar surface area (TPSA) is 96.0 Å². The van der Waals surface area contributed by atoms with Gasteiger partial charge in [-0.15, -0.1) is 0 Å². The van der Waals surface area contributed by atoms with E-state index in [2.05, 4.69) is 5.32 Å². The van der Waals surface area contributed by atoms with Gasteiger partial charge in [0.05, 0.1) is 17.2 Å². The van der Waals surface area contributed by atoms with Crippen LogP contribution in [0.25, 0.3) is 0 Å². The molecule has 3 rings (SSSR count). The molecule has 0 radical (unpaired) electrons. The highest BCUT2D eigenvalue weighted by Gasteiger charge is 2.34. The van der Waals surface area contributed by atoms with E-state index in [-0.39, 0.29) is 29.6 Å². The first kappa shape index (κ1) is 32.6. The zero-order valence-electron chi connectivity index (χ0n) is 24.7. The van der Waals surface area contributed by atoms with Crippen molar-refractivity contribution in [2.24, 2.45) is 0 Å². The number of halogens is 1. The molecule has 2 amide bonds. The van der Waals surface area contributed by atoms with Gasteiger partial charge in [0.25, 0.3) is 10.0 Å². The lowest BCUT2D eigenvalue weighted by Crippen LogP contribution is -2.52. The van der Waals surface area contributed by atoms with Crippen molar-refractivity contribution in [3.8, 4) is 5.75 Å². The fourth-order valence-electron chi connectivity index (χ4n) is 4.50. The number of rotatable bonds is 15. The minimum atomic E-state index is -4.23. The van der Waals surface area contributed by atoms with Crippen molar-refractivity contribution in [3.63, 3.8) is 0 Å². The summed E-state index contributed by atoms with van der Waals surface area (Å²) in [6.07, 6.45) is 1.97. The average Bonchev–Trinajstić information content (AvgIpc) is 2.97. The summed E-state index contributed by atoms with van der Waals surface area (Å²) in [6.45, 7) is 7.60. The van der Waals surface area contributed by atoms with Gasteiger partial charge in [0.1, 0.15) is 24.2 Å². The molecule has 10 heteroatoms. The van der Waals surface area contributed by atoms with Gasteiger partial charge >= 0.3 is 0 Å². The van der Waals surface area contributed by atoms with E-state index in [9.17, 15) is 22.4 Å². The second-order valence-electron chi connectivity index (χ2n) is 9.94. The Bertz CT molecular complexity index is 1430. The summed E-state index contributed by atoms with van der Waals surface area (Å²) in [7, 11) is -4.23. The number of unbranched alkanes of at least 4 members (excludes halogenated alkanes) is 1. The van der Waals surface area contributed by atoms with Crippen molar-refractivity contribution >= 4 is 27.5 Å². The zero-order chi connectivity index (χ0) is 30.7. The van der Waals surface area contributed by atoms with Crippen LogP contribution in [0.3, 0.4) is 0 Å². The SMILES string of the molecule is CCCCNC(=O)C(CC)N(Cc1ccc(F)cc1)C(=O)CN(c1ccccc1OCC)S(=O)(=O)c1ccc(C)cc1. The molecule has 8 nitrogen and oxygen atoms in total. The van der Waals surface area contributed by atoms with Crippen molar-refractivity contribution in [1.82, 2.24) is 10.2 Å². The van der Waals surface area contributed by atoms with Crippen LogP contribution in [0.5, 0.6) is 5.75 Å². The van der Waals surface area contributed by atoms with E-state index in [0.717, 1.165) is 22.7 Å². The maximum atomic E-state index is 14.2. The largest absolute Gasteiger partial charge is 0.492 e. The molecular weight excluding hydrogens is 557 g/mol. The molecular formula is C32H40FN3O5S. The van der Waals surface area contributed by atoms with Gasteiger partial charge in [-0.2, -0.15) is 0 Å². The molecule has 0 heterocycles. The molecule has 0 spiro atoms. The summed E-state index contributed by atoms with van der Waals surface area (Å²) in [5.41, 5.74) is 1.69. The van der Waals surface area contributed by atoms with Gasteiger partial charge in [-0.1, -0.05) is 62.2 Å². The molecule has 0 bridgehead atoms. The summed E-state index contributed by atoms with van der Waals surface area (Å²) in [5, 5.41) is 2.89. The van der Waals surface area contributed by atoms with Crippen LogP contribution in [-0.2, 0) is 26.2 Å². The molecule has 0 aliphatic carbocycles. The summed E-state index contributed by atoms with van der Waals surface area (Å²) in [4.78, 5) is 28.8. The average molecular weight is 598 g/mol. The number of carbonyl (C=O) groups excluding carboxylic acids is 2. The summed E-state index contributed by atoms with van der Waals surface area (Å²) < 4.78 is 48.6. The van der Waals surface area contributed by atoms with Crippen LogP contribution in [0.1, 0.15) is 51.2 Å². The predicted molar refractivity (Wildman–Crippen MR) is 162 cm³/mol. The van der Waals surface area contributed by atoms with Crippen LogP contribution in [0.15, 0.2) is 77.7 Å².